The van der Waals surface area contributed by atoms with Crippen molar-refractivity contribution in [3.05, 3.63) is 35.9 Å². The highest BCUT2D eigenvalue weighted by atomic mass is 16.3. The van der Waals surface area contributed by atoms with Crippen LogP contribution in [0.2, 0.25) is 0 Å². The van der Waals surface area contributed by atoms with Crippen molar-refractivity contribution in [1.29, 1.82) is 0 Å². The standard InChI is InChI=1S/C16H25NO/c1-13(16(18)15-10-6-3-7-11-15)17-12-14-8-4-2-5-9-14/h3,6-7,10-11,13-14,16-18H,2,4-5,8-9,12H2,1H3/t13-,16-/m1/s1. The Kier molecular flexibility index (Phi) is 5.21. The lowest BCUT2D eigenvalue weighted by molar-refractivity contribution is 0.131. The zero-order chi connectivity index (χ0) is 12.8. The molecule has 100 valence electrons. The Morgan fingerprint density at radius 3 is 2.50 bits per heavy atom. The Bertz CT molecular complexity index is 332. The molecule has 0 heterocycles. The third-order valence-corrected chi connectivity index (χ3v) is 4.07. The molecule has 1 aliphatic rings. The summed E-state index contributed by atoms with van der Waals surface area (Å²) in [6.07, 6.45) is 6.44. The summed E-state index contributed by atoms with van der Waals surface area (Å²) >= 11 is 0. The van der Waals surface area contributed by atoms with E-state index in [2.05, 4.69) is 12.2 Å². The van der Waals surface area contributed by atoms with E-state index in [1.165, 1.54) is 32.1 Å². The molecule has 2 atom stereocenters. The highest BCUT2D eigenvalue weighted by Crippen LogP contribution is 2.23. The highest BCUT2D eigenvalue weighted by molar-refractivity contribution is 5.18. The zero-order valence-corrected chi connectivity index (χ0v) is 11.3. The Hall–Kier alpha value is -0.860. The third-order valence-electron chi connectivity index (χ3n) is 4.07. The van der Waals surface area contributed by atoms with Crippen LogP contribution in [0.5, 0.6) is 0 Å². The number of rotatable bonds is 5. The summed E-state index contributed by atoms with van der Waals surface area (Å²) in [6, 6.07) is 10.0. The first-order valence-corrected chi connectivity index (χ1v) is 7.24. The monoisotopic (exact) mass is 247 g/mol. The molecule has 0 saturated heterocycles. The molecule has 2 rings (SSSR count). The van der Waals surface area contributed by atoms with Crippen molar-refractivity contribution in [1.82, 2.24) is 5.32 Å². The summed E-state index contributed by atoms with van der Waals surface area (Å²) in [4.78, 5) is 0. The predicted octanol–water partition coefficient (Wildman–Crippen LogP) is 3.28. The molecule has 0 amide bonds. The molecule has 0 spiro atoms. The van der Waals surface area contributed by atoms with Gasteiger partial charge in [0, 0.05) is 6.04 Å². The van der Waals surface area contributed by atoms with Crippen LogP contribution in [0.3, 0.4) is 0 Å². The number of hydrogen-bond donors (Lipinski definition) is 2. The van der Waals surface area contributed by atoms with Crippen LogP contribution in [0.1, 0.15) is 50.7 Å². The van der Waals surface area contributed by atoms with Crippen molar-refractivity contribution < 1.29 is 5.11 Å². The average Bonchev–Trinajstić information content (AvgIpc) is 2.46. The van der Waals surface area contributed by atoms with Crippen molar-refractivity contribution in [3.63, 3.8) is 0 Å². The van der Waals surface area contributed by atoms with Crippen LogP contribution in [0.4, 0.5) is 0 Å². The fourth-order valence-electron chi connectivity index (χ4n) is 2.79. The second kappa shape index (κ2) is 6.91. The van der Waals surface area contributed by atoms with Gasteiger partial charge in [0.1, 0.15) is 0 Å². The zero-order valence-electron chi connectivity index (χ0n) is 11.3. The molecule has 1 aromatic rings. The molecular weight excluding hydrogens is 222 g/mol. The molecule has 0 aliphatic heterocycles. The number of benzene rings is 1. The van der Waals surface area contributed by atoms with Gasteiger partial charge in [0.2, 0.25) is 0 Å². The summed E-state index contributed by atoms with van der Waals surface area (Å²) in [7, 11) is 0. The van der Waals surface area contributed by atoms with E-state index < -0.39 is 6.10 Å². The van der Waals surface area contributed by atoms with Gasteiger partial charge in [0.05, 0.1) is 6.10 Å². The van der Waals surface area contributed by atoms with Gasteiger partial charge in [0.15, 0.2) is 0 Å². The van der Waals surface area contributed by atoms with Crippen LogP contribution < -0.4 is 5.32 Å². The lowest BCUT2D eigenvalue weighted by Gasteiger charge is -2.26. The third kappa shape index (κ3) is 3.82. The summed E-state index contributed by atoms with van der Waals surface area (Å²) in [5, 5.41) is 13.8. The molecule has 1 aromatic carbocycles. The maximum absolute atomic E-state index is 10.3. The number of aliphatic hydroxyl groups excluding tert-OH is 1. The average molecular weight is 247 g/mol. The molecule has 2 heteroatoms. The lowest BCUT2D eigenvalue weighted by atomic mass is 9.89. The lowest BCUT2D eigenvalue weighted by Crippen LogP contribution is -2.36. The van der Waals surface area contributed by atoms with Gasteiger partial charge < -0.3 is 10.4 Å². The van der Waals surface area contributed by atoms with Gasteiger partial charge in [-0.15, -0.1) is 0 Å². The maximum atomic E-state index is 10.3. The molecule has 2 N–H and O–H groups in total. The van der Waals surface area contributed by atoms with Crippen LogP contribution in [-0.4, -0.2) is 17.7 Å². The van der Waals surface area contributed by atoms with E-state index in [0.29, 0.717) is 0 Å². The van der Waals surface area contributed by atoms with E-state index in [9.17, 15) is 5.11 Å². The molecule has 0 bridgehead atoms. The first kappa shape index (κ1) is 13.6. The summed E-state index contributed by atoms with van der Waals surface area (Å²) in [6.45, 7) is 3.12. The van der Waals surface area contributed by atoms with Crippen molar-refractivity contribution in [2.75, 3.05) is 6.54 Å². The molecule has 2 nitrogen and oxygen atoms in total. The molecule has 1 saturated carbocycles. The van der Waals surface area contributed by atoms with Crippen molar-refractivity contribution in [2.24, 2.45) is 5.92 Å². The van der Waals surface area contributed by atoms with E-state index >= 15 is 0 Å². The van der Waals surface area contributed by atoms with Gasteiger partial charge in [-0.1, -0.05) is 49.6 Å². The predicted molar refractivity (Wildman–Crippen MR) is 75.4 cm³/mol. The quantitative estimate of drug-likeness (QED) is 0.837. The van der Waals surface area contributed by atoms with Gasteiger partial charge in [-0.2, -0.15) is 0 Å². The van der Waals surface area contributed by atoms with Crippen molar-refractivity contribution in [2.45, 2.75) is 51.2 Å². The minimum absolute atomic E-state index is 0.120. The first-order chi connectivity index (χ1) is 8.77. The molecule has 0 unspecified atom stereocenters. The van der Waals surface area contributed by atoms with Crippen LogP contribution in [0.15, 0.2) is 30.3 Å². The molecule has 18 heavy (non-hydrogen) atoms. The molecular formula is C16H25NO. The topological polar surface area (TPSA) is 32.3 Å². The van der Waals surface area contributed by atoms with E-state index in [-0.39, 0.29) is 6.04 Å². The maximum Gasteiger partial charge on any atom is 0.0940 e. The van der Waals surface area contributed by atoms with Crippen LogP contribution in [-0.2, 0) is 0 Å². The van der Waals surface area contributed by atoms with E-state index in [1.54, 1.807) is 0 Å². The summed E-state index contributed by atoms with van der Waals surface area (Å²) in [5.41, 5.74) is 1.00. The van der Waals surface area contributed by atoms with Gasteiger partial charge >= 0.3 is 0 Å². The van der Waals surface area contributed by atoms with Gasteiger partial charge in [-0.3, -0.25) is 0 Å². The van der Waals surface area contributed by atoms with Gasteiger partial charge in [-0.05, 0) is 37.8 Å². The highest BCUT2D eigenvalue weighted by Gasteiger charge is 2.18. The molecule has 1 fully saturated rings. The molecule has 0 radical (unpaired) electrons. The largest absolute Gasteiger partial charge is 0.387 e. The van der Waals surface area contributed by atoms with Crippen molar-refractivity contribution in [3.8, 4) is 0 Å². The second-order valence-electron chi connectivity index (χ2n) is 5.56. The second-order valence-corrected chi connectivity index (χ2v) is 5.56. The van der Waals surface area contributed by atoms with Crippen molar-refractivity contribution >= 4 is 0 Å². The Morgan fingerprint density at radius 2 is 1.83 bits per heavy atom. The first-order valence-electron chi connectivity index (χ1n) is 7.24. The minimum Gasteiger partial charge on any atom is -0.387 e. The normalized spacial score (nSPS) is 20.6. The Balaban J connectivity index is 1.78. The van der Waals surface area contributed by atoms with Crippen LogP contribution in [0, 0.1) is 5.92 Å². The summed E-state index contributed by atoms with van der Waals surface area (Å²) in [5.74, 6) is 0.809. The van der Waals surface area contributed by atoms with Crippen LogP contribution >= 0.6 is 0 Å². The number of nitrogens with one attached hydrogen (secondary N) is 1. The fraction of sp³-hybridized carbons (Fsp3) is 0.625. The fourth-order valence-corrected chi connectivity index (χ4v) is 2.79. The number of aliphatic hydroxyl groups is 1. The smallest absolute Gasteiger partial charge is 0.0940 e. The SMILES string of the molecule is C[C@@H](NCC1CCCCC1)[C@@H](O)c1ccccc1. The minimum atomic E-state index is -0.408. The summed E-state index contributed by atoms with van der Waals surface area (Å²) < 4.78 is 0. The number of hydrogen-bond acceptors (Lipinski definition) is 2. The Morgan fingerprint density at radius 1 is 1.17 bits per heavy atom. The molecule has 0 aromatic heterocycles. The van der Waals surface area contributed by atoms with Gasteiger partial charge in [0.25, 0.3) is 0 Å². The van der Waals surface area contributed by atoms with Gasteiger partial charge in [-0.25, -0.2) is 0 Å². The van der Waals surface area contributed by atoms with E-state index in [1.807, 2.05) is 30.3 Å². The van der Waals surface area contributed by atoms with E-state index in [4.69, 9.17) is 0 Å². The van der Waals surface area contributed by atoms with Crippen LogP contribution in [0.25, 0.3) is 0 Å². The van der Waals surface area contributed by atoms with E-state index in [0.717, 1.165) is 18.0 Å². The Labute approximate surface area is 110 Å². The molecule has 1 aliphatic carbocycles.